The first-order valence-electron chi connectivity index (χ1n) is 4.64. The maximum atomic E-state index is 11.3. The van der Waals surface area contributed by atoms with Crippen molar-refractivity contribution in [2.45, 2.75) is 34.1 Å². The van der Waals surface area contributed by atoms with Gasteiger partial charge in [-0.1, -0.05) is 5.57 Å². The Kier molecular flexibility index (Phi) is 5.13. The van der Waals surface area contributed by atoms with Gasteiger partial charge in [-0.15, -0.1) is 0 Å². The maximum Gasteiger partial charge on any atom is 0.311 e. The molecule has 0 aromatic carbocycles. The molecule has 0 radical (unpaired) electrons. The molecule has 0 atom stereocenters. The minimum absolute atomic E-state index is 0.229. The summed E-state index contributed by atoms with van der Waals surface area (Å²) >= 11 is 0. The monoisotopic (exact) mass is 198 g/mol. The number of aldehydes is 1. The topological polar surface area (TPSA) is 43.4 Å². The summed E-state index contributed by atoms with van der Waals surface area (Å²) < 4.78 is 4.99. The summed E-state index contributed by atoms with van der Waals surface area (Å²) in [5, 5.41) is 0. The molecule has 0 N–H and O–H groups in total. The molecule has 0 unspecified atom stereocenters. The van der Waals surface area contributed by atoms with Crippen LogP contribution in [-0.4, -0.2) is 18.9 Å². The first-order valence-corrected chi connectivity index (χ1v) is 4.64. The van der Waals surface area contributed by atoms with Gasteiger partial charge in [-0.2, -0.15) is 0 Å². The standard InChI is InChI=1S/C11H18O3/c1-9(5-7-12)6-8-14-10(13)11(2,3)4/h6-7H,5,8H2,1-4H3/b9-6+. The highest BCUT2D eigenvalue weighted by Crippen LogP contribution is 2.14. The SMILES string of the molecule is C/C(=C\COC(=O)C(C)(C)C)CC=O. The molecule has 0 rings (SSSR count). The molecule has 0 saturated carbocycles. The maximum absolute atomic E-state index is 11.3. The minimum Gasteiger partial charge on any atom is -0.461 e. The van der Waals surface area contributed by atoms with Crippen molar-refractivity contribution in [3.63, 3.8) is 0 Å². The molecule has 0 bridgehead atoms. The van der Waals surface area contributed by atoms with Gasteiger partial charge >= 0.3 is 5.97 Å². The van der Waals surface area contributed by atoms with Gasteiger partial charge in [-0.25, -0.2) is 0 Å². The molecule has 0 spiro atoms. The predicted octanol–water partition coefficient (Wildman–Crippen LogP) is 2.11. The van der Waals surface area contributed by atoms with Gasteiger partial charge in [0.1, 0.15) is 12.9 Å². The van der Waals surface area contributed by atoms with Crippen LogP contribution >= 0.6 is 0 Å². The summed E-state index contributed by atoms with van der Waals surface area (Å²) in [4.78, 5) is 21.4. The lowest BCUT2D eigenvalue weighted by Gasteiger charge is -2.15. The third-order valence-electron chi connectivity index (χ3n) is 1.66. The zero-order valence-corrected chi connectivity index (χ0v) is 9.29. The second-order valence-corrected chi connectivity index (χ2v) is 4.27. The minimum atomic E-state index is -0.466. The van der Waals surface area contributed by atoms with Gasteiger partial charge in [0.15, 0.2) is 0 Å². The number of hydrogen-bond acceptors (Lipinski definition) is 3. The van der Waals surface area contributed by atoms with E-state index in [4.69, 9.17) is 4.74 Å². The fourth-order valence-corrected chi connectivity index (χ4v) is 0.691. The van der Waals surface area contributed by atoms with Crippen molar-refractivity contribution in [3.8, 4) is 0 Å². The Morgan fingerprint density at radius 3 is 2.36 bits per heavy atom. The molecule has 0 aliphatic heterocycles. The van der Waals surface area contributed by atoms with Gasteiger partial charge in [0.05, 0.1) is 5.41 Å². The fourth-order valence-electron chi connectivity index (χ4n) is 0.691. The van der Waals surface area contributed by atoms with Crippen LogP contribution in [0.4, 0.5) is 0 Å². The van der Waals surface area contributed by atoms with Gasteiger partial charge < -0.3 is 9.53 Å². The Labute approximate surface area is 85.1 Å². The average molecular weight is 198 g/mol. The van der Waals surface area contributed by atoms with Crippen LogP contribution in [0.5, 0.6) is 0 Å². The van der Waals surface area contributed by atoms with Gasteiger partial charge in [-0.05, 0) is 33.8 Å². The molecule has 0 aromatic rings. The van der Waals surface area contributed by atoms with E-state index in [2.05, 4.69) is 0 Å². The largest absolute Gasteiger partial charge is 0.461 e. The van der Waals surface area contributed by atoms with Crippen LogP contribution in [0.1, 0.15) is 34.1 Å². The molecule has 0 amide bonds. The number of carbonyl (C=O) groups excluding carboxylic acids is 2. The molecule has 3 heteroatoms. The first kappa shape index (κ1) is 12.9. The van der Waals surface area contributed by atoms with E-state index in [0.717, 1.165) is 11.9 Å². The van der Waals surface area contributed by atoms with Crippen molar-refractivity contribution >= 4 is 12.3 Å². The summed E-state index contributed by atoms with van der Waals surface area (Å²) in [5.74, 6) is -0.229. The van der Waals surface area contributed by atoms with E-state index in [0.29, 0.717) is 6.42 Å². The van der Waals surface area contributed by atoms with Crippen LogP contribution in [0.3, 0.4) is 0 Å². The van der Waals surface area contributed by atoms with Crippen LogP contribution in [0.25, 0.3) is 0 Å². The Balaban J connectivity index is 3.91. The molecular weight excluding hydrogens is 180 g/mol. The second kappa shape index (κ2) is 5.58. The van der Waals surface area contributed by atoms with Crippen molar-refractivity contribution in [2.24, 2.45) is 5.41 Å². The Hall–Kier alpha value is -1.12. The molecule has 0 aliphatic carbocycles. The molecule has 3 nitrogen and oxygen atoms in total. The quantitative estimate of drug-likeness (QED) is 0.395. The third kappa shape index (κ3) is 5.51. The predicted molar refractivity (Wildman–Crippen MR) is 54.9 cm³/mol. The fraction of sp³-hybridized carbons (Fsp3) is 0.636. The summed E-state index contributed by atoms with van der Waals surface area (Å²) in [6.07, 6.45) is 2.97. The van der Waals surface area contributed by atoms with E-state index >= 15 is 0 Å². The van der Waals surface area contributed by atoms with E-state index in [1.807, 2.05) is 6.92 Å². The zero-order chi connectivity index (χ0) is 11.2. The highest BCUT2D eigenvalue weighted by molar-refractivity contribution is 5.75. The summed E-state index contributed by atoms with van der Waals surface area (Å²) in [5.41, 5.74) is 0.452. The van der Waals surface area contributed by atoms with Crippen molar-refractivity contribution < 1.29 is 14.3 Å². The second-order valence-electron chi connectivity index (χ2n) is 4.27. The highest BCUT2D eigenvalue weighted by Gasteiger charge is 2.22. The lowest BCUT2D eigenvalue weighted by Crippen LogP contribution is -2.22. The van der Waals surface area contributed by atoms with Crippen LogP contribution in [0.2, 0.25) is 0 Å². The number of hydrogen-bond donors (Lipinski definition) is 0. The average Bonchev–Trinajstić information content (AvgIpc) is 2.02. The number of esters is 1. The first-order chi connectivity index (χ1) is 6.38. The van der Waals surface area contributed by atoms with Crippen molar-refractivity contribution in [3.05, 3.63) is 11.6 Å². The lowest BCUT2D eigenvalue weighted by atomic mass is 9.97. The third-order valence-corrected chi connectivity index (χ3v) is 1.66. The van der Waals surface area contributed by atoms with Gasteiger partial charge in [0.2, 0.25) is 0 Å². The number of ether oxygens (including phenoxy) is 1. The van der Waals surface area contributed by atoms with Gasteiger partial charge in [-0.3, -0.25) is 4.79 Å². The summed E-state index contributed by atoms with van der Waals surface area (Å²) in [6, 6.07) is 0. The van der Waals surface area contributed by atoms with Gasteiger partial charge in [0.25, 0.3) is 0 Å². The number of carbonyl (C=O) groups is 2. The Bertz CT molecular complexity index is 233. The summed E-state index contributed by atoms with van der Waals surface area (Å²) in [6.45, 7) is 7.49. The van der Waals surface area contributed by atoms with E-state index < -0.39 is 5.41 Å². The smallest absolute Gasteiger partial charge is 0.311 e. The van der Waals surface area contributed by atoms with Crippen molar-refractivity contribution in [1.82, 2.24) is 0 Å². The summed E-state index contributed by atoms with van der Waals surface area (Å²) in [7, 11) is 0. The molecule has 80 valence electrons. The molecule has 0 aromatic heterocycles. The Morgan fingerprint density at radius 2 is 1.93 bits per heavy atom. The lowest BCUT2D eigenvalue weighted by molar-refractivity contribution is -0.151. The van der Waals surface area contributed by atoms with Crippen molar-refractivity contribution in [2.75, 3.05) is 6.61 Å². The van der Waals surface area contributed by atoms with Gasteiger partial charge in [0, 0.05) is 6.42 Å². The van der Waals surface area contributed by atoms with E-state index in [9.17, 15) is 9.59 Å². The Morgan fingerprint density at radius 1 is 1.36 bits per heavy atom. The van der Waals surface area contributed by atoms with Crippen LogP contribution in [-0.2, 0) is 14.3 Å². The normalized spacial score (nSPS) is 12.4. The van der Waals surface area contributed by atoms with Crippen molar-refractivity contribution in [1.29, 1.82) is 0 Å². The number of rotatable bonds is 4. The molecule has 14 heavy (non-hydrogen) atoms. The van der Waals surface area contributed by atoms with Crippen LogP contribution in [0, 0.1) is 5.41 Å². The highest BCUT2D eigenvalue weighted by atomic mass is 16.5. The van der Waals surface area contributed by atoms with E-state index in [1.165, 1.54) is 0 Å². The molecule has 0 fully saturated rings. The molecular formula is C11H18O3. The van der Waals surface area contributed by atoms with Crippen LogP contribution < -0.4 is 0 Å². The molecule has 0 heterocycles. The molecule has 0 saturated heterocycles. The molecule has 0 aliphatic rings. The van der Waals surface area contributed by atoms with Crippen LogP contribution in [0.15, 0.2) is 11.6 Å². The zero-order valence-electron chi connectivity index (χ0n) is 9.29. The van der Waals surface area contributed by atoms with E-state index in [-0.39, 0.29) is 12.6 Å². The number of allylic oxidation sites excluding steroid dienone is 1. The van der Waals surface area contributed by atoms with E-state index in [1.54, 1.807) is 26.8 Å².